The van der Waals surface area contributed by atoms with Crippen molar-refractivity contribution < 1.29 is 23.9 Å². The number of carbonyl (C=O) groups is 3. The highest BCUT2D eigenvalue weighted by Crippen LogP contribution is 2.22. The van der Waals surface area contributed by atoms with Crippen LogP contribution in [-0.4, -0.2) is 30.6 Å². The predicted octanol–water partition coefficient (Wildman–Crippen LogP) is 0.845. The van der Waals surface area contributed by atoms with E-state index in [0.717, 1.165) is 0 Å². The minimum atomic E-state index is -1.16. The van der Waals surface area contributed by atoms with Gasteiger partial charge in [-0.25, -0.2) is 9.59 Å². The molecule has 0 aliphatic carbocycles. The fourth-order valence-corrected chi connectivity index (χ4v) is 1.40. The summed E-state index contributed by atoms with van der Waals surface area (Å²) in [6.45, 7) is 0.879. The number of hydrogen-bond acceptors (Lipinski definition) is 5. The minimum absolute atomic E-state index is 0.320. The average molecular weight is 301 g/mol. The monoisotopic (exact) mass is 300 g/mol. The van der Waals surface area contributed by atoms with Gasteiger partial charge in [-0.2, -0.15) is 0 Å². The first-order valence-electron chi connectivity index (χ1n) is 5.57. The van der Waals surface area contributed by atoms with E-state index in [1.54, 1.807) is 29.6 Å². The van der Waals surface area contributed by atoms with Crippen molar-refractivity contribution in [3.8, 4) is 5.75 Å². The van der Waals surface area contributed by atoms with Crippen LogP contribution in [0.15, 0.2) is 24.3 Å². The zero-order chi connectivity index (χ0) is 15.1. The third-order valence-electron chi connectivity index (χ3n) is 2.11. The standard InChI is InChI=1S/C12H13ClN2O5/c1-7(11(17)15-12(14)18)20-10(16)6-19-9-5-3-2-4-8(9)13/h2-5,7H,6H2,1H3,(H3,14,15,17,18)/t7-/m1/s1. The number of halogens is 1. The Hall–Kier alpha value is -2.28. The molecule has 0 saturated carbocycles. The molecule has 1 aromatic carbocycles. The fourth-order valence-electron chi connectivity index (χ4n) is 1.21. The Morgan fingerprint density at radius 3 is 2.60 bits per heavy atom. The van der Waals surface area contributed by atoms with E-state index in [0.29, 0.717) is 10.8 Å². The molecule has 1 aromatic rings. The van der Waals surface area contributed by atoms with Crippen molar-refractivity contribution in [3.63, 3.8) is 0 Å². The van der Waals surface area contributed by atoms with E-state index < -0.39 is 30.6 Å². The first-order chi connectivity index (χ1) is 9.40. The van der Waals surface area contributed by atoms with Gasteiger partial charge in [-0.1, -0.05) is 23.7 Å². The number of amides is 3. The summed E-state index contributed by atoms with van der Waals surface area (Å²) in [6, 6.07) is 5.56. The normalized spacial score (nSPS) is 11.3. The molecule has 0 aliphatic heterocycles. The summed E-state index contributed by atoms with van der Waals surface area (Å²) >= 11 is 5.83. The van der Waals surface area contributed by atoms with Gasteiger partial charge in [0, 0.05) is 0 Å². The lowest BCUT2D eigenvalue weighted by molar-refractivity contribution is -0.156. The van der Waals surface area contributed by atoms with Crippen molar-refractivity contribution in [1.82, 2.24) is 5.32 Å². The van der Waals surface area contributed by atoms with E-state index in [1.165, 1.54) is 6.92 Å². The van der Waals surface area contributed by atoms with Crippen LogP contribution in [0.4, 0.5) is 4.79 Å². The van der Waals surface area contributed by atoms with Crippen LogP contribution in [0.5, 0.6) is 5.75 Å². The van der Waals surface area contributed by atoms with Gasteiger partial charge in [0.15, 0.2) is 12.7 Å². The number of nitrogens with one attached hydrogen (secondary N) is 1. The van der Waals surface area contributed by atoms with E-state index >= 15 is 0 Å². The maximum atomic E-state index is 11.4. The number of primary amides is 1. The second-order valence-corrected chi connectivity index (χ2v) is 4.11. The molecule has 0 saturated heterocycles. The topological polar surface area (TPSA) is 108 Å². The molecule has 0 spiro atoms. The van der Waals surface area contributed by atoms with Gasteiger partial charge in [0.1, 0.15) is 5.75 Å². The smallest absolute Gasteiger partial charge is 0.344 e. The highest BCUT2D eigenvalue weighted by atomic mass is 35.5. The van der Waals surface area contributed by atoms with Crippen molar-refractivity contribution in [2.75, 3.05) is 6.61 Å². The molecule has 108 valence electrons. The number of benzene rings is 1. The largest absolute Gasteiger partial charge is 0.480 e. The van der Waals surface area contributed by atoms with Crippen molar-refractivity contribution in [1.29, 1.82) is 0 Å². The lowest BCUT2D eigenvalue weighted by Gasteiger charge is -2.12. The molecule has 0 bridgehead atoms. The van der Waals surface area contributed by atoms with Crippen LogP contribution in [0.1, 0.15) is 6.92 Å². The van der Waals surface area contributed by atoms with E-state index in [1.807, 2.05) is 0 Å². The number of para-hydroxylation sites is 1. The number of imide groups is 1. The minimum Gasteiger partial charge on any atom is -0.480 e. The quantitative estimate of drug-likeness (QED) is 0.784. The molecule has 0 aromatic heterocycles. The van der Waals surface area contributed by atoms with Crippen molar-refractivity contribution in [2.45, 2.75) is 13.0 Å². The molecule has 8 heteroatoms. The van der Waals surface area contributed by atoms with Crippen LogP contribution in [0.25, 0.3) is 0 Å². The van der Waals surface area contributed by atoms with Gasteiger partial charge in [-0.15, -0.1) is 0 Å². The number of urea groups is 1. The van der Waals surface area contributed by atoms with Gasteiger partial charge in [0.2, 0.25) is 0 Å². The maximum absolute atomic E-state index is 11.4. The van der Waals surface area contributed by atoms with Gasteiger partial charge in [-0.3, -0.25) is 10.1 Å². The van der Waals surface area contributed by atoms with E-state index in [2.05, 4.69) is 0 Å². The van der Waals surface area contributed by atoms with Gasteiger partial charge in [0.25, 0.3) is 5.91 Å². The molecule has 1 rings (SSSR count). The second kappa shape index (κ2) is 7.34. The first-order valence-corrected chi connectivity index (χ1v) is 5.95. The number of carbonyl (C=O) groups excluding carboxylic acids is 3. The maximum Gasteiger partial charge on any atom is 0.344 e. The molecular formula is C12H13ClN2O5. The number of nitrogens with two attached hydrogens (primary N) is 1. The Kier molecular flexibility index (Phi) is 5.79. The first kappa shape index (κ1) is 15.8. The number of rotatable bonds is 5. The van der Waals surface area contributed by atoms with Crippen LogP contribution in [-0.2, 0) is 14.3 Å². The molecule has 0 aliphatic rings. The van der Waals surface area contributed by atoms with Gasteiger partial charge < -0.3 is 15.2 Å². The summed E-state index contributed by atoms with van der Waals surface area (Å²) in [5.74, 6) is -1.28. The van der Waals surface area contributed by atoms with Crippen molar-refractivity contribution >= 4 is 29.5 Å². The summed E-state index contributed by atoms with van der Waals surface area (Å²) in [6.07, 6.45) is -1.16. The molecule has 0 unspecified atom stereocenters. The van der Waals surface area contributed by atoms with E-state index in [4.69, 9.17) is 26.8 Å². The van der Waals surface area contributed by atoms with Gasteiger partial charge in [0.05, 0.1) is 5.02 Å². The zero-order valence-electron chi connectivity index (χ0n) is 10.6. The summed E-state index contributed by atoms with van der Waals surface area (Å²) in [7, 11) is 0. The molecule has 1 atom stereocenters. The van der Waals surface area contributed by atoms with Crippen LogP contribution >= 0.6 is 11.6 Å². The summed E-state index contributed by atoms with van der Waals surface area (Å²) in [5.41, 5.74) is 4.76. The molecule has 0 radical (unpaired) electrons. The molecule has 7 nitrogen and oxygen atoms in total. The third-order valence-corrected chi connectivity index (χ3v) is 2.42. The second-order valence-electron chi connectivity index (χ2n) is 3.70. The van der Waals surface area contributed by atoms with Crippen LogP contribution in [0, 0.1) is 0 Å². The van der Waals surface area contributed by atoms with E-state index in [-0.39, 0.29) is 0 Å². The van der Waals surface area contributed by atoms with Gasteiger partial charge in [-0.05, 0) is 19.1 Å². The molecule has 0 heterocycles. The van der Waals surface area contributed by atoms with Gasteiger partial charge >= 0.3 is 12.0 Å². The fraction of sp³-hybridized carbons (Fsp3) is 0.250. The molecule has 0 fully saturated rings. The Labute approximate surface area is 120 Å². The van der Waals surface area contributed by atoms with Crippen LogP contribution in [0.3, 0.4) is 0 Å². The predicted molar refractivity (Wildman–Crippen MR) is 70.2 cm³/mol. The Balaban J connectivity index is 2.42. The summed E-state index contributed by atoms with van der Waals surface area (Å²) < 4.78 is 9.88. The number of esters is 1. The third kappa shape index (κ3) is 5.15. The van der Waals surface area contributed by atoms with Crippen molar-refractivity contribution in [2.24, 2.45) is 5.73 Å². The zero-order valence-corrected chi connectivity index (χ0v) is 11.3. The van der Waals surface area contributed by atoms with Crippen LogP contribution in [0.2, 0.25) is 5.02 Å². The SMILES string of the molecule is C[C@@H](OC(=O)COc1ccccc1Cl)C(=O)NC(N)=O. The van der Waals surface area contributed by atoms with Crippen molar-refractivity contribution in [3.05, 3.63) is 29.3 Å². The van der Waals surface area contributed by atoms with E-state index in [9.17, 15) is 14.4 Å². The van der Waals surface area contributed by atoms with Crippen LogP contribution < -0.4 is 15.8 Å². The Bertz CT molecular complexity index is 520. The Morgan fingerprint density at radius 1 is 1.35 bits per heavy atom. The molecule has 3 N–H and O–H groups in total. The average Bonchev–Trinajstić information content (AvgIpc) is 2.37. The number of ether oxygens (including phenoxy) is 2. The highest BCUT2D eigenvalue weighted by molar-refractivity contribution is 6.32. The molecular weight excluding hydrogens is 288 g/mol. The molecule has 3 amide bonds. The summed E-state index contributed by atoms with van der Waals surface area (Å²) in [4.78, 5) is 33.2. The highest BCUT2D eigenvalue weighted by Gasteiger charge is 2.19. The lowest BCUT2D eigenvalue weighted by Crippen LogP contribution is -2.42. The lowest BCUT2D eigenvalue weighted by atomic mass is 10.3. The molecule has 20 heavy (non-hydrogen) atoms. The number of hydrogen-bond donors (Lipinski definition) is 2. The summed E-state index contributed by atoms with van der Waals surface area (Å²) in [5, 5.41) is 2.14. The Morgan fingerprint density at radius 2 is 2.00 bits per heavy atom.